The highest BCUT2D eigenvalue weighted by molar-refractivity contribution is 5.90. The lowest BCUT2D eigenvalue weighted by atomic mass is 9.71. The van der Waals surface area contributed by atoms with E-state index in [-0.39, 0.29) is 17.4 Å². The summed E-state index contributed by atoms with van der Waals surface area (Å²) in [7, 11) is 0. The Morgan fingerprint density at radius 2 is 1.73 bits per heavy atom. The molecule has 0 radical (unpaired) electrons. The zero-order chi connectivity index (χ0) is 19.3. The summed E-state index contributed by atoms with van der Waals surface area (Å²) >= 11 is 0. The molecule has 1 saturated carbocycles. The van der Waals surface area contributed by atoms with E-state index in [1.807, 2.05) is 13.0 Å². The zero-order valence-electron chi connectivity index (χ0n) is 16.2. The maximum absolute atomic E-state index is 12.0. The lowest BCUT2D eigenvalue weighted by Crippen LogP contribution is -2.38. The molecule has 0 bridgehead atoms. The van der Waals surface area contributed by atoms with E-state index >= 15 is 0 Å². The van der Waals surface area contributed by atoms with Crippen LogP contribution in [-0.2, 0) is 19.6 Å². The summed E-state index contributed by atoms with van der Waals surface area (Å²) in [6.07, 6.45) is 2.70. The number of hydrogen-bond donors (Lipinski definition) is 0. The molecule has 6 nitrogen and oxygen atoms in total. The van der Waals surface area contributed by atoms with Gasteiger partial charge >= 0.3 is 12.1 Å². The second-order valence-electron chi connectivity index (χ2n) is 8.00. The van der Waals surface area contributed by atoms with Crippen LogP contribution < -0.4 is 0 Å². The lowest BCUT2D eigenvalue weighted by molar-refractivity contribution is -0.453. The summed E-state index contributed by atoms with van der Waals surface area (Å²) in [5.74, 6) is -0.484. The Balaban J connectivity index is 1.82. The van der Waals surface area contributed by atoms with Crippen molar-refractivity contribution in [1.29, 1.82) is 0 Å². The third-order valence-corrected chi connectivity index (χ3v) is 4.88. The summed E-state index contributed by atoms with van der Waals surface area (Å²) in [6.45, 7) is 10.1. The first-order valence-corrected chi connectivity index (χ1v) is 9.02. The smallest absolute Gasteiger partial charge is 0.429 e. The SMILES string of the molecule is Cc1ccc(C(=O)OOOC(=O)OC2CCCCC2C(C)(C)C)c(C)c1. The van der Waals surface area contributed by atoms with Gasteiger partial charge in [0.1, 0.15) is 6.10 Å². The maximum Gasteiger partial charge on any atom is 0.543 e. The summed E-state index contributed by atoms with van der Waals surface area (Å²) in [4.78, 5) is 32.8. The fourth-order valence-corrected chi connectivity index (χ4v) is 3.54. The molecule has 2 atom stereocenters. The Bertz CT molecular complexity index is 646. The van der Waals surface area contributed by atoms with Gasteiger partial charge in [-0.2, -0.15) is 0 Å². The van der Waals surface area contributed by atoms with Crippen LogP contribution in [0.4, 0.5) is 4.79 Å². The predicted octanol–water partition coefficient (Wildman–Crippen LogP) is 5.06. The maximum atomic E-state index is 12.0. The zero-order valence-corrected chi connectivity index (χ0v) is 16.2. The fraction of sp³-hybridized carbons (Fsp3) is 0.600. The van der Waals surface area contributed by atoms with Crippen molar-refractivity contribution >= 4 is 12.1 Å². The monoisotopic (exact) mass is 364 g/mol. The van der Waals surface area contributed by atoms with Crippen LogP contribution in [0.5, 0.6) is 0 Å². The minimum atomic E-state index is -1.00. The molecule has 1 aromatic rings. The molecule has 2 unspecified atom stereocenters. The van der Waals surface area contributed by atoms with Gasteiger partial charge in [-0.25, -0.2) is 14.5 Å². The Morgan fingerprint density at radius 3 is 2.38 bits per heavy atom. The van der Waals surface area contributed by atoms with E-state index in [1.54, 1.807) is 19.1 Å². The highest BCUT2D eigenvalue weighted by Gasteiger charge is 2.37. The van der Waals surface area contributed by atoms with Crippen LogP contribution in [-0.4, -0.2) is 18.2 Å². The number of aryl methyl sites for hydroxylation is 2. The third-order valence-electron chi connectivity index (χ3n) is 4.88. The largest absolute Gasteiger partial charge is 0.543 e. The molecule has 0 aliphatic heterocycles. The number of carbonyl (C=O) groups excluding carboxylic acids is 2. The molecule has 6 heteroatoms. The van der Waals surface area contributed by atoms with E-state index in [0.29, 0.717) is 5.56 Å². The van der Waals surface area contributed by atoms with Gasteiger partial charge in [0.05, 0.1) is 10.6 Å². The molecular formula is C20H28O6. The summed E-state index contributed by atoms with van der Waals surface area (Å²) in [5, 5.41) is 4.34. The molecule has 0 saturated heterocycles. The minimum Gasteiger partial charge on any atom is -0.429 e. The number of carbonyl (C=O) groups is 2. The summed E-state index contributed by atoms with van der Waals surface area (Å²) in [6, 6.07) is 5.26. The first-order valence-electron chi connectivity index (χ1n) is 9.02. The predicted molar refractivity (Wildman–Crippen MR) is 95.2 cm³/mol. The first kappa shape index (κ1) is 20.2. The number of hydrogen-bond acceptors (Lipinski definition) is 6. The highest BCUT2D eigenvalue weighted by Crippen LogP contribution is 2.39. The van der Waals surface area contributed by atoms with Crippen molar-refractivity contribution in [2.45, 2.75) is 66.4 Å². The summed E-state index contributed by atoms with van der Waals surface area (Å²) < 4.78 is 5.38. The van der Waals surface area contributed by atoms with Gasteiger partial charge in [0, 0.05) is 5.92 Å². The fourth-order valence-electron chi connectivity index (χ4n) is 3.54. The quantitative estimate of drug-likeness (QED) is 0.422. The molecule has 0 heterocycles. The molecule has 0 amide bonds. The Labute approximate surface area is 154 Å². The summed E-state index contributed by atoms with van der Waals surface area (Å²) in [5.41, 5.74) is 2.14. The van der Waals surface area contributed by atoms with Gasteiger partial charge in [-0.15, -0.1) is 0 Å². The van der Waals surface area contributed by atoms with E-state index in [9.17, 15) is 9.59 Å². The van der Waals surface area contributed by atoms with Crippen LogP contribution >= 0.6 is 0 Å². The van der Waals surface area contributed by atoms with Gasteiger partial charge in [0.2, 0.25) is 0 Å². The molecule has 0 N–H and O–H groups in total. The van der Waals surface area contributed by atoms with E-state index in [2.05, 4.69) is 35.6 Å². The van der Waals surface area contributed by atoms with E-state index in [4.69, 9.17) is 4.74 Å². The molecule has 2 rings (SSSR count). The molecule has 1 aliphatic rings. The average molecular weight is 364 g/mol. The third kappa shape index (κ3) is 5.46. The minimum absolute atomic E-state index is 0.0294. The number of rotatable bonds is 4. The van der Waals surface area contributed by atoms with Gasteiger partial charge in [-0.05, 0) is 50.2 Å². The normalized spacial score (nSPS) is 20.3. The number of ether oxygens (including phenoxy) is 1. The van der Waals surface area contributed by atoms with Crippen molar-refractivity contribution in [3.05, 3.63) is 34.9 Å². The van der Waals surface area contributed by atoms with Gasteiger partial charge in [-0.1, -0.05) is 44.9 Å². The van der Waals surface area contributed by atoms with Crippen LogP contribution in [0.15, 0.2) is 18.2 Å². The number of benzene rings is 1. The molecular weight excluding hydrogens is 336 g/mol. The van der Waals surface area contributed by atoms with Gasteiger partial charge in [0.25, 0.3) is 0 Å². The highest BCUT2D eigenvalue weighted by atomic mass is 17.5. The molecule has 26 heavy (non-hydrogen) atoms. The second kappa shape index (κ2) is 8.54. The van der Waals surface area contributed by atoms with Gasteiger partial charge in [0.15, 0.2) is 0 Å². The van der Waals surface area contributed by atoms with Crippen molar-refractivity contribution in [1.82, 2.24) is 0 Å². The van der Waals surface area contributed by atoms with Crippen LogP contribution in [0.3, 0.4) is 0 Å². The Hall–Kier alpha value is -2.08. The van der Waals surface area contributed by atoms with Crippen molar-refractivity contribution < 1.29 is 29.1 Å². The van der Waals surface area contributed by atoms with Crippen molar-refractivity contribution in [3.8, 4) is 0 Å². The van der Waals surface area contributed by atoms with Crippen LogP contribution in [0.25, 0.3) is 0 Å². The molecule has 1 fully saturated rings. The van der Waals surface area contributed by atoms with Crippen LogP contribution in [0, 0.1) is 25.2 Å². The van der Waals surface area contributed by atoms with E-state index < -0.39 is 12.1 Å². The van der Waals surface area contributed by atoms with Crippen molar-refractivity contribution in [2.75, 3.05) is 0 Å². The lowest BCUT2D eigenvalue weighted by Gasteiger charge is -2.39. The Kier molecular flexibility index (Phi) is 6.64. The molecule has 1 aliphatic carbocycles. The van der Waals surface area contributed by atoms with Crippen molar-refractivity contribution in [2.24, 2.45) is 11.3 Å². The standard InChI is InChI=1S/C20H28O6/c1-13-10-11-15(14(2)12-13)18(21)24-26-25-19(22)23-17-9-7-6-8-16(17)20(3,4)5/h10-12,16-17H,6-9H2,1-5H3. The molecule has 0 aromatic heterocycles. The van der Waals surface area contributed by atoms with E-state index in [0.717, 1.165) is 36.8 Å². The topological polar surface area (TPSA) is 71.1 Å². The van der Waals surface area contributed by atoms with Gasteiger partial charge in [-0.3, -0.25) is 4.89 Å². The van der Waals surface area contributed by atoms with Gasteiger partial charge < -0.3 is 4.74 Å². The second-order valence-corrected chi connectivity index (χ2v) is 8.00. The first-order chi connectivity index (χ1) is 12.2. The van der Waals surface area contributed by atoms with Crippen LogP contribution in [0.2, 0.25) is 0 Å². The average Bonchev–Trinajstić information content (AvgIpc) is 2.54. The Morgan fingerprint density at radius 1 is 1.04 bits per heavy atom. The molecule has 144 valence electrons. The van der Waals surface area contributed by atoms with Crippen molar-refractivity contribution in [3.63, 3.8) is 0 Å². The van der Waals surface area contributed by atoms with E-state index in [1.165, 1.54) is 0 Å². The molecule has 1 aromatic carbocycles. The molecule has 0 spiro atoms. The van der Waals surface area contributed by atoms with Crippen LogP contribution in [0.1, 0.15) is 67.9 Å².